The Morgan fingerprint density at radius 3 is 0.854 bits per heavy atom. The van der Waals surface area contributed by atoms with E-state index < -0.39 is 97.5 Å². The van der Waals surface area contributed by atoms with Gasteiger partial charge in [0.15, 0.2) is 12.2 Å². The summed E-state index contributed by atoms with van der Waals surface area (Å²) in [6.07, 6.45) is 61.8. The Morgan fingerprint density at radius 2 is 0.562 bits per heavy atom. The van der Waals surface area contributed by atoms with Gasteiger partial charge in [0, 0.05) is 25.7 Å². The smallest absolute Gasteiger partial charge is 0.462 e. The predicted molar refractivity (Wildman–Crippen MR) is 391 cm³/mol. The standard InChI is InChI=1S/C77H146O17P2/c1-6-9-12-15-18-21-23-25-28-33-36-41-46-51-56-61-75(80)88-67-73(94-77(82)63-58-53-48-43-38-34-30-27-26-29-32-35-40-44-49-54-59-70(4)5)69-92-96(85,86)90-65-71(78)64-89-95(83,84)91-68-72(66-87-74(79)60-55-50-45-39-20-17-14-11-8-3)93-76(81)62-57-52-47-42-37-31-24-22-19-16-13-10-7-2/h21,23,25,28,70-73,78H,6-20,22,24,26-27,29-69H2,1-5H3,(H,83,84)(H,85,86)/b23-21-,28-25-/t71-,72+,73+/m0/s1. The SMILES string of the molecule is CCCCCC/C=C\C=C/CCCCCCCC(=O)OC[C@H](COP(=O)(O)OC[C@@H](O)COP(=O)(O)OC[C@@H](COC(=O)CCCCCCCCCCC)OC(=O)CCCCCCCCCCCCCCC)OC(=O)CCCCCCCCCCCCCCCCCCC(C)C. The largest absolute Gasteiger partial charge is 0.472 e. The van der Waals surface area contributed by atoms with E-state index in [1.165, 1.54) is 186 Å². The van der Waals surface area contributed by atoms with Gasteiger partial charge >= 0.3 is 39.5 Å². The van der Waals surface area contributed by atoms with Gasteiger partial charge in [-0.1, -0.05) is 329 Å². The van der Waals surface area contributed by atoms with Crippen LogP contribution in [-0.4, -0.2) is 96.7 Å². The first-order valence-electron chi connectivity index (χ1n) is 39.5. The zero-order chi connectivity index (χ0) is 70.5. The van der Waals surface area contributed by atoms with Gasteiger partial charge in [0.05, 0.1) is 26.4 Å². The van der Waals surface area contributed by atoms with E-state index in [2.05, 4.69) is 58.9 Å². The van der Waals surface area contributed by atoms with Crippen molar-refractivity contribution >= 4 is 39.5 Å². The summed E-state index contributed by atoms with van der Waals surface area (Å²) >= 11 is 0. The third-order valence-corrected chi connectivity index (χ3v) is 19.3. The van der Waals surface area contributed by atoms with Gasteiger partial charge in [0.1, 0.15) is 19.3 Å². The lowest BCUT2D eigenvalue weighted by atomic mass is 10.0. The van der Waals surface area contributed by atoms with Crippen LogP contribution in [0.2, 0.25) is 0 Å². The molecule has 2 unspecified atom stereocenters. The van der Waals surface area contributed by atoms with E-state index in [1.807, 2.05) is 0 Å². The minimum atomic E-state index is -4.96. The summed E-state index contributed by atoms with van der Waals surface area (Å²) in [5.74, 6) is -1.34. The van der Waals surface area contributed by atoms with E-state index in [-0.39, 0.29) is 25.7 Å². The number of esters is 4. The lowest BCUT2D eigenvalue weighted by molar-refractivity contribution is -0.161. The minimum absolute atomic E-state index is 0.101. The third kappa shape index (κ3) is 70.0. The molecule has 0 amide bonds. The molecule has 96 heavy (non-hydrogen) atoms. The van der Waals surface area contributed by atoms with E-state index in [1.54, 1.807) is 0 Å². The normalized spacial score (nSPS) is 14.1. The number of aliphatic hydroxyl groups excluding tert-OH is 1. The Morgan fingerprint density at radius 1 is 0.323 bits per heavy atom. The highest BCUT2D eigenvalue weighted by Crippen LogP contribution is 2.45. The zero-order valence-corrected chi connectivity index (χ0v) is 63.8. The number of ether oxygens (including phenoxy) is 4. The molecule has 0 saturated heterocycles. The Labute approximate surface area is 586 Å². The van der Waals surface area contributed by atoms with E-state index in [9.17, 15) is 43.2 Å². The molecule has 0 aromatic rings. The van der Waals surface area contributed by atoms with Crippen molar-refractivity contribution in [2.24, 2.45) is 5.92 Å². The first-order valence-corrected chi connectivity index (χ1v) is 42.4. The molecule has 17 nitrogen and oxygen atoms in total. The number of aliphatic hydroxyl groups is 1. The molecule has 0 aliphatic rings. The molecule has 0 aliphatic heterocycles. The first kappa shape index (κ1) is 93.5. The molecule has 0 spiro atoms. The van der Waals surface area contributed by atoms with Gasteiger partial charge in [-0.15, -0.1) is 0 Å². The maximum absolute atomic E-state index is 13.1. The molecule has 0 radical (unpaired) electrons. The average Bonchev–Trinajstić information content (AvgIpc) is 1.26. The van der Waals surface area contributed by atoms with Crippen molar-refractivity contribution in [2.45, 2.75) is 400 Å². The predicted octanol–water partition coefficient (Wildman–Crippen LogP) is 22.4. The van der Waals surface area contributed by atoms with Crippen molar-refractivity contribution in [3.05, 3.63) is 24.3 Å². The number of carbonyl (C=O) groups excluding carboxylic acids is 4. The highest BCUT2D eigenvalue weighted by atomic mass is 31.2. The van der Waals surface area contributed by atoms with Crippen molar-refractivity contribution in [2.75, 3.05) is 39.6 Å². The van der Waals surface area contributed by atoms with Gasteiger partial charge in [-0.2, -0.15) is 0 Å². The number of rotatable bonds is 75. The lowest BCUT2D eigenvalue weighted by Gasteiger charge is -2.21. The first-order chi connectivity index (χ1) is 46.5. The number of hydrogen-bond donors (Lipinski definition) is 3. The topological polar surface area (TPSA) is 237 Å². The van der Waals surface area contributed by atoms with Crippen molar-refractivity contribution in [3.8, 4) is 0 Å². The molecule has 3 N–H and O–H groups in total. The number of allylic oxidation sites excluding steroid dienone is 4. The van der Waals surface area contributed by atoms with Gasteiger partial charge < -0.3 is 33.8 Å². The second-order valence-corrected chi connectivity index (χ2v) is 30.4. The van der Waals surface area contributed by atoms with Gasteiger partial charge in [-0.3, -0.25) is 37.3 Å². The Hall–Kier alpha value is -2.46. The fraction of sp³-hybridized carbons (Fsp3) is 0.896. The average molecular weight is 1410 g/mol. The van der Waals surface area contributed by atoms with Crippen LogP contribution in [0.3, 0.4) is 0 Å². The summed E-state index contributed by atoms with van der Waals surface area (Å²) in [6.45, 7) is 7.25. The molecule has 0 aliphatic carbocycles. The molecule has 0 rings (SSSR count). The fourth-order valence-electron chi connectivity index (χ4n) is 11.3. The lowest BCUT2D eigenvalue weighted by Crippen LogP contribution is -2.30. The molecule has 5 atom stereocenters. The van der Waals surface area contributed by atoms with Crippen LogP contribution in [0.15, 0.2) is 24.3 Å². The number of carbonyl (C=O) groups is 4. The molecule has 0 fully saturated rings. The summed E-state index contributed by atoms with van der Waals surface area (Å²) in [7, 11) is -9.92. The van der Waals surface area contributed by atoms with Gasteiger partial charge in [0.25, 0.3) is 0 Å². The highest BCUT2D eigenvalue weighted by molar-refractivity contribution is 7.47. The molecule has 0 bridgehead atoms. The molecule has 19 heteroatoms. The second-order valence-electron chi connectivity index (χ2n) is 27.5. The Balaban J connectivity index is 5.25. The summed E-state index contributed by atoms with van der Waals surface area (Å²) < 4.78 is 68.5. The number of hydrogen-bond acceptors (Lipinski definition) is 15. The molecule has 0 saturated carbocycles. The summed E-state index contributed by atoms with van der Waals surface area (Å²) in [5.41, 5.74) is 0. The zero-order valence-electron chi connectivity index (χ0n) is 62.0. The van der Waals surface area contributed by atoms with Crippen molar-refractivity contribution < 1.29 is 80.2 Å². The summed E-state index contributed by atoms with van der Waals surface area (Å²) in [6, 6.07) is 0. The molecule has 566 valence electrons. The van der Waals surface area contributed by atoms with Crippen LogP contribution in [0.25, 0.3) is 0 Å². The van der Waals surface area contributed by atoms with E-state index in [0.29, 0.717) is 25.7 Å². The van der Waals surface area contributed by atoms with E-state index in [0.717, 1.165) is 115 Å². The third-order valence-electron chi connectivity index (χ3n) is 17.4. The monoisotopic (exact) mass is 1410 g/mol. The maximum Gasteiger partial charge on any atom is 0.472 e. The maximum atomic E-state index is 13.1. The van der Waals surface area contributed by atoms with Crippen LogP contribution < -0.4 is 0 Å². The molecule has 0 aromatic carbocycles. The molecular weight excluding hydrogens is 1260 g/mol. The molecular formula is C77H146O17P2. The second kappa shape index (κ2) is 69.6. The van der Waals surface area contributed by atoms with Gasteiger partial charge in [-0.25, -0.2) is 9.13 Å². The van der Waals surface area contributed by atoms with E-state index >= 15 is 0 Å². The number of phosphoric acid groups is 2. The fourth-order valence-corrected chi connectivity index (χ4v) is 12.9. The quantitative estimate of drug-likeness (QED) is 0.0169. The van der Waals surface area contributed by atoms with Crippen LogP contribution in [-0.2, 0) is 65.4 Å². The highest BCUT2D eigenvalue weighted by Gasteiger charge is 2.30. The van der Waals surface area contributed by atoms with Crippen LogP contribution in [0.1, 0.15) is 381 Å². The van der Waals surface area contributed by atoms with Crippen LogP contribution >= 0.6 is 15.6 Å². The molecule has 0 aromatic heterocycles. The van der Waals surface area contributed by atoms with Crippen LogP contribution in [0.5, 0.6) is 0 Å². The summed E-state index contributed by atoms with van der Waals surface area (Å²) in [4.78, 5) is 72.8. The van der Waals surface area contributed by atoms with Gasteiger partial charge in [-0.05, 0) is 57.3 Å². The van der Waals surface area contributed by atoms with Crippen molar-refractivity contribution in [3.63, 3.8) is 0 Å². The number of unbranched alkanes of at least 4 members (excludes halogenated alkanes) is 44. The summed E-state index contributed by atoms with van der Waals surface area (Å²) in [5, 5.41) is 10.6. The van der Waals surface area contributed by atoms with Crippen molar-refractivity contribution in [1.82, 2.24) is 0 Å². The van der Waals surface area contributed by atoms with Crippen molar-refractivity contribution in [1.29, 1.82) is 0 Å². The Kier molecular flexibility index (Phi) is 67.8. The number of phosphoric ester groups is 2. The van der Waals surface area contributed by atoms with Gasteiger partial charge in [0.2, 0.25) is 0 Å². The Bertz CT molecular complexity index is 1930. The van der Waals surface area contributed by atoms with E-state index in [4.69, 9.17) is 37.0 Å². The minimum Gasteiger partial charge on any atom is -0.462 e. The van der Waals surface area contributed by atoms with Crippen LogP contribution in [0, 0.1) is 5.92 Å². The molecule has 0 heterocycles. The van der Waals surface area contributed by atoms with Crippen LogP contribution in [0.4, 0.5) is 0 Å².